The summed E-state index contributed by atoms with van der Waals surface area (Å²) in [5, 5.41) is 2.81. The van der Waals surface area contributed by atoms with E-state index < -0.39 is 16.1 Å². The first-order valence-electron chi connectivity index (χ1n) is 5.98. The molecule has 0 spiro atoms. The predicted molar refractivity (Wildman–Crippen MR) is 67.0 cm³/mol. The fourth-order valence-electron chi connectivity index (χ4n) is 1.87. The average Bonchev–Trinajstić information content (AvgIpc) is 3.13. The molecule has 0 aromatic carbocycles. The van der Waals surface area contributed by atoms with E-state index in [4.69, 9.17) is 16.3 Å². The number of nitrogens with zero attached hydrogens (tertiary/aromatic N) is 1. The van der Waals surface area contributed by atoms with Crippen molar-refractivity contribution in [3.8, 4) is 0 Å². The van der Waals surface area contributed by atoms with Crippen molar-refractivity contribution in [2.75, 3.05) is 31.4 Å². The highest BCUT2D eigenvalue weighted by Gasteiger charge is 2.38. The maximum absolute atomic E-state index is 12.0. The van der Waals surface area contributed by atoms with E-state index in [0.29, 0.717) is 6.61 Å². The molecule has 1 N–H and O–H groups in total. The van der Waals surface area contributed by atoms with E-state index in [0.717, 1.165) is 12.8 Å². The molecule has 0 radical (unpaired) electrons. The highest BCUT2D eigenvalue weighted by Crippen LogP contribution is 2.20. The minimum Gasteiger partial charge on any atom is -0.378 e. The Morgan fingerprint density at radius 1 is 1.44 bits per heavy atom. The Bertz CT molecular complexity index is 410. The molecule has 8 heteroatoms. The van der Waals surface area contributed by atoms with Crippen LogP contribution < -0.4 is 5.32 Å². The van der Waals surface area contributed by atoms with Gasteiger partial charge in [-0.15, -0.1) is 11.6 Å². The fraction of sp³-hybridized carbons (Fsp3) is 0.900. The number of amides is 1. The van der Waals surface area contributed by atoms with Crippen LogP contribution in [0.4, 0.5) is 0 Å². The van der Waals surface area contributed by atoms with Crippen LogP contribution in [-0.2, 0) is 19.6 Å². The van der Waals surface area contributed by atoms with Crippen LogP contribution in [0.5, 0.6) is 0 Å². The number of nitrogens with one attached hydrogen (secondary N) is 1. The summed E-state index contributed by atoms with van der Waals surface area (Å²) in [5.74, 6) is -0.395. The van der Waals surface area contributed by atoms with E-state index in [1.54, 1.807) is 0 Å². The monoisotopic (exact) mass is 296 g/mol. The second kappa shape index (κ2) is 5.73. The number of morpholine rings is 1. The molecule has 104 valence electrons. The summed E-state index contributed by atoms with van der Waals surface area (Å²) in [5.41, 5.74) is 0. The van der Waals surface area contributed by atoms with Gasteiger partial charge in [-0.3, -0.25) is 4.79 Å². The highest BCUT2D eigenvalue weighted by molar-refractivity contribution is 7.89. The maximum Gasteiger partial charge on any atom is 0.241 e. The summed E-state index contributed by atoms with van der Waals surface area (Å²) in [7, 11) is -3.48. The predicted octanol–water partition coefficient (Wildman–Crippen LogP) is -0.466. The lowest BCUT2D eigenvalue weighted by molar-refractivity contribution is -0.129. The third-order valence-corrected chi connectivity index (χ3v) is 5.28. The summed E-state index contributed by atoms with van der Waals surface area (Å²) < 4.78 is 30.4. The van der Waals surface area contributed by atoms with Crippen molar-refractivity contribution in [1.29, 1.82) is 0 Å². The van der Waals surface area contributed by atoms with Gasteiger partial charge in [0.25, 0.3) is 0 Å². The van der Waals surface area contributed by atoms with Gasteiger partial charge in [0.1, 0.15) is 6.04 Å². The molecule has 0 aromatic heterocycles. The first-order chi connectivity index (χ1) is 8.54. The van der Waals surface area contributed by atoms with Gasteiger partial charge in [0.15, 0.2) is 0 Å². The molecule has 0 aromatic rings. The summed E-state index contributed by atoms with van der Waals surface area (Å²) >= 11 is 5.49. The zero-order valence-corrected chi connectivity index (χ0v) is 11.5. The lowest BCUT2D eigenvalue weighted by atomic mass is 10.2. The topological polar surface area (TPSA) is 75.7 Å². The number of carbonyl (C=O) groups is 1. The van der Waals surface area contributed by atoms with Crippen molar-refractivity contribution in [3.63, 3.8) is 0 Å². The van der Waals surface area contributed by atoms with Crippen LogP contribution in [0.15, 0.2) is 0 Å². The minimum atomic E-state index is -3.48. The van der Waals surface area contributed by atoms with Crippen molar-refractivity contribution >= 4 is 27.5 Å². The number of hydrogen-bond donors (Lipinski definition) is 1. The van der Waals surface area contributed by atoms with Gasteiger partial charge >= 0.3 is 0 Å². The molecular weight excluding hydrogens is 280 g/mol. The van der Waals surface area contributed by atoms with Crippen molar-refractivity contribution in [1.82, 2.24) is 9.62 Å². The first-order valence-corrected chi connectivity index (χ1v) is 8.12. The normalized spacial score (nSPS) is 25.9. The van der Waals surface area contributed by atoms with Crippen LogP contribution >= 0.6 is 11.6 Å². The smallest absolute Gasteiger partial charge is 0.241 e. The maximum atomic E-state index is 12.0. The SMILES string of the molecule is O=C(NC1CC1)C1COCCN1S(=O)(=O)CCCl. The van der Waals surface area contributed by atoms with Gasteiger partial charge in [-0.05, 0) is 12.8 Å². The first kappa shape index (κ1) is 14.0. The third kappa shape index (κ3) is 3.34. The second-order valence-electron chi connectivity index (χ2n) is 4.49. The van der Waals surface area contributed by atoms with Crippen LogP contribution in [0.3, 0.4) is 0 Å². The molecular formula is C10H17ClN2O4S. The van der Waals surface area contributed by atoms with Gasteiger partial charge in [0, 0.05) is 18.5 Å². The number of carbonyl (C=O) groups excluding carboxylic acids is 1. The zero-order chi connectivity index (χ0) is 13.2. The van der Waals surface area contributed by atoms with E-state index in [-0.39, 0.29) is 36.7 Å². The van der Waals surface area contributed by atoms with Crippen molar-refractivity contribution < 1.29 is 17.9 Å². The van der Waals surface area contributed by atoms with Crippen LogP contribution in [0.2, 0.25) is 0 Å². The van der Waals surface area contributed by atoms with Gasteiger partial charge < -0.3 is 10.1 Å². The van der Waals surface area contributed by atoms with Gasteiger partial charge in [0.2, 0.25) is 15.9 Å². The van der Waals surface area contributed by atoms with Gasteiger partial charge in [-0.25, -0.2) is 8.42 Å². The van der Waals surface area contributed by atoms with Crippen LogP contribution in [0.1, 0.15) is 12.8 Å². The van der Waals surface area contributed by atoms with Gasteiger partial charge in [-0.1, -0.05) is 0 Å². The Morgan fingerprint density at radius 2 is 2.17 bits per heavy atom. The van der Waals surface area contributed by atoms with Crippen molar-refractivity contribution in [3.05, 3.63) is 0 Å². The third-order valence-electron chi connectivity index (χ3n) is 3.00. The molecule has 0 bridgehead atoms. The molecule has 1 saturated carbocycles. The molecule has 1 amide bonds. The molecule has 1 unspecified atom stereocenters. The van der Waals surface area contributed by atoms with E-state index in [1.165, 1.54) is 4.31 Å². The van der Waals surface area contributed by atoms with Crippen LogP contribution in [0.25, 0.3) is 0 Å². The Labute approximate surface area is 112 Å². The van der Waals surface area contributed by atoms with E-state index in [9.17, 15) is 13.2 Å². The van der Waals surface area contributed by atoms with E-state index in [1.807, 2.05) is 0 Å². The van der Waals surface area contributed by atoms with Crippen molar-refractivity contribution in [2.24, 2.45) is 0 Å². The molecule has 1 heterocycles. The lowest BCUT2D eigenvalue weighted by Gasteiger charge is -2.33. The molecule has 1 aliphatic heterocycles. The minimum absolute atomic E-state index is 0.0245. The molecule has 18 heavy (non-hydrogen) atoms. The molecule has 2 rings (SSSR count). The summed E-state index contributed by atoms with van der Waals surface area (Å²) in [6, 6.07) is -0.551. The number of halogens is 1. The largest absolute Gasteiger partial charge is 0.378 e. The Balaban J connectivity index is 2.07. The van der Waals surface area contributed by atoms with Gasteiger partial charge in [0.05, 0.1) is 19.0 Å². The summed E-state index contributed by atoms with van der Waals surface area (Å²) in [4.78, 5) is 12.0. The summed E-state index contributed by atoms with van der Waals surface area (Å²) in [6.07, 6.45) is 1.93. The van der Waals surface area contributed by atoms with Crippen LogP contribution in [0, 0.1) is 0 Å². The molecule has 2 aliphatic rings. The molecule has 1 atom stereocenters. The average molecular weight is 297 g/mol. The quantitative estimate of drug-likeness (QED) is 0.696. The number of sulfonamides is 1. The highest BCUT2D eigenvalue weighted by atomic mass is 35.5. The Morgan fingerprint density at radius 3 is 2.78 bits per heavy atom. The summed E-state index contributed by atoms with van der Waals surface area (Å²) in [6.45, 7) is 0.636. The number of hydrogen-bond acceptors (Lipinski definition) is 4. The lowest BCUT2D eigenvalue weighted by Crippen LogP contribution is -2.56. The zero-order valence-electron chi connectivity index (χ0n) is 9.97. The van der Waals surface area contributed by atoms with E-state index >= 15 is 0 Å². The number of rotatable bonds is 5. The number of alkyl halides is 1. The standard InChI is InChI=1S/C10H17ClN2O4S/c11-3-6-18(15,16)13-4-5-17-7-9(13)10(14)12-8-1-2-8/h8-9H,1-7H2,(H,12,14). The van der Waals surface area contributed by atoms with Gasteiger partial charge in [-0.2, -0.15) is 4.31 Å². The molecule has 6 nitrogen and oxygen atoms in total. The second-order valence-corrected chi connectivity index (χ2v) is 6.91. The Kier molecular flexibility index (Phi) is 4.47. The van der Waals surface area contributed by atoms with Crippen molar-refractivity contribution in [2.45, 2.75) is 24.9 Å². The molecule has 1 saturated heterocycles. The molecule has 1 aliphatic carbocycles. The fourth-order valence-corrected chi connectivity index (χ4v) is 3.78. The number of ether oxygens (including phenoxy) is 1. The molecule has 2 fully saturated rings. The van der Waals surface area contributed by atoms with E-state index in [2.05, 4.69) is 5.32 Å². The van der Waals surface area contributed by atoms with Crippen LogP contribution in [-0.4, -0.2) is 62.1 Å². The Hall–Kier alpha value is -0.370.